The molecule has 1 aliphatic heterocycles. The number of hydrogen-bond donors (Lipinski definition) is 0. The van der Waals surface area contributed by atoms with E-state index in [4.69, 9.17) is 4.42 Å². The molecule has 0 N–H and O–H groups in total. The van der Waals surface area contributed by atoms with Gasteiger partial charge in [0.05, 0.1) is 12.2 Å². The molecule has 5 heteroatoms. The number of hydrogen-bond acceptors (Lipinski definition) is 5. The monoisotopic (exact) mass is 337 g/mol. The van der Waals surface area contributed by atoms with Crippen LogP contribution < -0.4 is 0 Å². The lowest BCUT2D eigenvalue weighted by atomic mass is 10.1. The minimum Gasteiger partial charge on any atom is -0.460 e. The largest absolute Gasteiger partial charge is 0.460 e. The van der Waals surface area contributed by atoms with Crippen molar-refractivity contribution in [2.45, 2.75) is 24.7 Å². The summed E-state index contributed by atoms with van der Waals surface area (Å²) in [5, 5.41) is 0.862. The molecule has 24 heavy (non-hydrogen) atoms. The van der Waals surface area contributed by atoms with Crippen LogP contribution in [0, 0.1) is 0 Å². The van der Waals surface area contributed by atoms with E-state index in [9.17, 15) is 0 Å². The molecule has 0 fully saturated rings. The molecule has 0 aliphatic carbocycles. The molecule has 1 aliphatic rings. The zero-order valence-electron chi connectivity index (χ0n) is 13.6. The highest BCUT2D eigenvalue weighted by atomic mass is 32.2. The summed E-state index contributed by atoms with van der Waals surface area (Å²) in [7, 11) is 0. The molecular formula is C19H19N3OS. The van der Waals surface area contributed by atoms with Crippen molar-refractivity contribution in [2.75, 3.05) is 12.8 Å². The van der Waals surface area contributed by atoms with Crippen LogP contribution in [0.4, 0.5) is 0 Å². The van der Waals surface area contributed by atoms with Gasteiger partial charge in [0.2, 0.25) is 0 Å². The van der Waals surface area contributed by atoms with E-state index in [0.29, 0.717) is 0 Å². The molecule has 0 bridgehead atoms. The summed E-state index contributed by atoms with van der Waals surface area (Å²) in [6.45, 7) is 2.70. The molecule has 0 amide bonds. The highest BCUT2D eigenvalue weighted by Crippen LogP contribution is 2.25. The summed E-state index contributed by atoms with van der Waals surface area (Å²) in [5.74, 6) is 1.93. The number of thioether (sulfide) groups is 1. The summed E-state index contributed by atoms with van der Waals surface area (Å²) in [4.78, 5) is 11.4. The van der Waals surface area contributed by atoms with Gasteiger partial charge in [-0.05, 0) is 18.4 Å². The summed E-state index contributed by atoms with van der Waals surface area (Å²) in [6.07, 6.45) is 4.95. The molecule has 0 saturated carbocycles. The molecular weight excluding hydrogens is 318 g/mol. The molecule has 3 heterocycles. The van der Waals surface area contributed by atoms with Crippen LogP contribution in [0.15, 0.2) is 58.2 Å². The van der Waals surface area contributed by atoms with E-state index < -0.39 is 0 Å². The van der Waals surface area contributed by atoms with Crippen LogP contribution in [0.1, 0.15) is 17.0 Å². The molecule has 0 radical (unpaired) electrons. The number of furan rings is 1. The van der Waals surface area contributed by atoms with Crippen molar-refractivity contribution in [1.29, 1.82) is 0 Å². The summed E-state index contributed by atoms with van der Waals surface area (Å²) < 4.78 is 6.02. The quantitative estimate of drug-likeness (QED) is 0.531. The van der Waals surface area contributed by atoms with Gasteiger partial charge in [-0.1, -0.05) is 42.1 Å². The van der Waals surface area contributed by atoms with Crippen molar-refractivity contribution in [2.24, 2.45) is 0 Å². The van der Waals surface area contributed by atoms with Gasteiger partial charge >= 0.3 is 0 Å². The van der Waals surface area contributed by atoms with Crippen molar-refractivity contribution in [3.8, 4) is 11.3 Å². The van der Waals surface area contributed by atoms with Crippen molar-refractivity contribution < 1.29 is 4.42 Å². The zero-order valence-corrected chi connectivity index (χ0v) is 14.4. The van der Waals surface area contributed by atoms with E-state index in [2.05, 4.69) is 39.1 Å². The lowest BCUT2D eigenvalue weighted by molar-refractivity contribution is 0.223. The number of benzene rings is 1. The second kappa shape index (κ2) is 6.79. The fourth-order valence-corrected chi connectivity index (χ4v) is 3.39. The Morgan fingerprint density at radius 1 is 1.17 bits per heavy atom. The molecule has 1 aromatic carbocycles. The fraction of sp³-hybridized carbons (Fsp3) is 0.263. The molecule has 3 aromatic rings. The topological polar surface area (TPSA) is 42.2 Å². The Morgan fingerprint density at radius 3 is 2.88 bits per heavy atom. The molecule has 4 rings (SSSR count). The minimum atomic E-state index is 0.816. The van der Waals surface area contributed by atoms with Crippen LogP contribution in [0.2, 0.25) is 0 Å². The molecule has 2 aromatic heterocycles. The van der Waals surface area contributed by atoms with Gasteiger partial charge in [0.1, 0.15) is 11.5 Å². The van der Waals surface area contributed by atoms with Crippen molar-refractivity contribution in [3.63, 3.8) is 0 Å². The average Bonchev–Trinajstić information content (AvgIpc) is 3.10. The second-order valence-electron chi connectivity index (χ2n) is 5.92. The maximum atomic E-state index is 6.02. The SMILES string of the molecule is CSc1ncc2c(n1)CCN(Cc1ccc(-c3ccccc3)o1)C2. The zero-order chi connectivity index (χ0) is 16.4. The first-order valence-corrected chi connectivity index (χ1v) is 9.29. The predicted molar refractivity (Wildman–Crippen MR) is 95.8 cm³/mol. The van der Waals surface area contributed by atoms with E-state index in [1.165, 1.54) is 11.3 Å². The van der Waals surface area contributed by atoms with Gasteiger partial charge in [-0.15, -0.1) is 0 Å². The van der Waals surface area contributed by atoms with Crippen LogP contribution in [0.25, 0.3) is 11.3 Å². The molecule has 0 spiro atoms. The normalized spacial score (nSPS) is 14.5. The smallest absolute Gasteiger partial charge is 0.187 e. The molecule has 0 saturated heterocycles. The van der Waals surface area contributed by atoms with Gasteiger partial charge in [-0.3, -0.25) is 4.90 Å². The molecule has 0 unspecified atom stereocenters. The fourth-order valence-electron chi connectivity index (χ4n) is 3.03. The maximum absolute atomic E-state index is 6.02. The molecule has 0 atom stereocenters. The highest BCUT2D eigenvalue weighted by molar-refractivity contribution is 7.98. The van der Waals surface area contributed by atoms with E-state index >= 15 is 0 Å². The number of rotatable bonds is 4. The standard InChI is InChI=1S/C19H19N3OS/c1-24-19-20-11-15-12-22(10-9-17(15)21-19)13-16-7-8-18(23-16)14-5-3-2-4-6-14/h2-8,11H,9-10,12-13H2,1H3. The first-order valence-electron chi connectivity index (χ1n) is 8.07. The van der Waals surface area contributed by atoms with Gasteiger partial charge in [0.25, 0.3) is 0 Å². The van der Waals surface area contributed by atoms with Crippen molar-refractivity contribution >= 4 is 11.8 Å². The van der Waals surface area contributed by atoms with E-state index in [1.54, 1.807) is 11.8 Å². The Bertz CT molecular complexity index is 832. The van der Waals surface area contributed by atoms with Crippen LogP contribution in [0.5, 0.6) is 0 Å². The number of fused-ring (bicyclic) bond motifs is 1. The first-order chi connectivity index (χ1) is 11.8. The number of nitrogens with zero attached hydrogens (tertiary/aromatic N) is 3. The second-order valence-corrected chi connectivity index (χ2v) is 6.69. The Balaban J connectivity index is 1.46. The Morgan fingerprint density at radius 2 is 2.04 bits per heavy atom. The Kier molecular flexibility index (Phi) is 4.36. The lowest BCUT2D eigenvalue weighted by Gasteiger charge is -2.27. The summed E-state index contributed by atoms with van der Waals surface area (Å²) in [6, 6.07) is 14.3. The average molecular weight is 337 g/mol. The Hall–Kier alpha value is -2.11. The van der Waals surface area contributed by atoms with Gasteiger partial charge in [-0.2, -0.15) is 0 Å². The van der Waals surface area contributed by atoms with E-state index in [0.717, 1.165) is 48.3 Å². The van der Waals surface area contributed by atoms with Gasteiger partial charge in [0, 0.05) is 36.8 Å². The third-order valence-electron chi connectivity index (χ3n) is 4.27. The lowest BCUT2D eigenvalue weighted by Crippen LogP contribution is -2.30. The van der Waals surface area contributed by atoms with Gasteiger partial charge in [-0.25, -0.2) is 9.97 Å². The van der Waals surface area contributed by atoms with Crippen molar-refractivity contribution in [3.05, 3.63) is 65.7 Å². The van der Waals surface area contributed by atoms with Crippen LogP contribution in [-0.4, -0.2) is 27.7 Å². The minimum absolute atomic E-state index is 0.816. The van der Waals surface area contributed by atoms with Crippen LogP contribution >= 0.6 is 11.8 Å². The third-order valence-corrected chi connectivity index (χ3v) is 4.83. The molecule has 122 valence electrons. The first kappa shape index (κ1) is 15.4. The van der Waals surface area contributed by atoms with E-state index in [-0.39, 0.29) is 0 Å². The number of aromatic nitrogens is 2. The molecule has 4 nitrogen and oxygen atoms in total. The summed E-state index contributed by atoms with van der Waals surface area (Å²) >= 11 is 1.59. The van der Waals surface area contributed by atoms with Crippen molar-refractivity contribution in [1.82, 2.24) is 14.9 Å². The van der Waals surface area contributed by atoms with Gasteiger partial charge in [0.15, 0.2) is 5.16 Å². The summed E-state index contributed by atoms with van der Waals surface area (Å²) in [5.41, 5.74) is 3.54. The maximum Gasteiger partial charge on any atom is 0.187 e. The predicted octanol–water partition coefficient (Wildman–Crippen LogP) is 4.02. The van der Waals surface area contributed by atoms with Crippen LogP contribution in [-0.2, 0) is 19.5 Å². The van der Waals surface area contributed by atoms with E-state index in [1.807, 2.05) is 30.7 Å². The van der Waals surface area contributed by atoms with Crippen LogP contribution in [0.3, 0.4) is 0 Å². The van der Waals surface area contributed by atoms with Gasteiger partial charge < -0.3 is 4.42 Å². The third kappa shape index (κ3) is 3.23. The highest BCUT2D eigenvalue weighted by Gasteiger charge is 2.19. The Labute approximate surface area is 145 Å².